The zero-order valence-corrected chi connectivity index (χ0v) is 11.1. The van der Waals surface area contributed by atoms with E-state index in [2.05, 4.69) is 15.9 Å². The predicted octanol–water partition coefficient (Wildman–Crippen LogP) is 4.09. The Bertz CT molecular complexity index is 487. The second-order valence-electron chi connectivity index (χ2n) is 5.16. The Morgan fingerprint density at radius 2 is 1.83 bits per heavy atom. The quantitative estimate of drug-likeness (QED) is 0.826. The van der Waals surface area contributed by atoms with Gasteiger partial charge in [0.25, 0.3) is 0 Å². The SMILES string of the molecule is OC1(c2cc(C(F)(F)F)ccc2Br)C2CCCC21. The number of halogens is 4. The largest absolute Gasteiger partial charge is 0.416 e. The molecule has 0 radical (unpaired) electrons. The van der Waals surface area contributed by atoms with Gasteiger partial charge in [0.15, 0.2) is 0 Å². The van der Waals surface area contributed by atoms with Crippen molar-refractivity contribution >= 4 is 15.9 Å². The maximum atomic E-state index is 12.7. The molecule has 5 heteroatoms. The molecule has 98 valence electrons. The molecule has 1 nitrogen and oxygen atoms in total. The molecule has 1 N–H and O–H groups in total. The van der Waals surface area contributed by atoms with Crippen molar-refractivity contribution in [1.82, 2.24) is 0 Å². The van der Waals surface area contributed by atoms with E-state index in [0.717, 1.165) is 31.4 Å². The first-order valence-electron chi connectivity index (χ1n) is 5.94. The number of hydrogen-bond acceptors (Lipinski definition) is 1. The number of fused-ring (bicyclic) bond motifs is 1. The Morgan fingerprint density at radius 1 is 1.22 bits per heavy atom. The molecule has 2 saturated carbocycles. The average molecular weight is 321 g/mol. The molecule has 0 heterocycles. The van der Waals surface area contributed by atoms with Gasteiger partial charge < -0.3 is 5.11 Å². The van der Waals surface area contributed by atoms with E-state index < -0.39 is 17.3 Å². The summed E-state index contributed by atoms with van der Waals surface area (Å²) in [7, 11) is 0. The van der Waals surface area contributed by atoms with Crippen LogP contribution in [0.5, 0.6) is 0 Å². The summed E-state index contributed by atoms with van der Waals surface area (Å²) in [5.41, 5.74) is -1.34. The third-order valence-corrected chi connectivity index (χ3v) is 4.95. The van der Waals surface area contributed by atoms with E-state index in [-0.39, 0.29) is 11.8 Å². The molecule has 0 spiro atoms. The minimum atomic E-state index is -4.37. The highest BCUT2D eigenvalue weighted by Crippen LogP contribution is 2.67. The van der Waals surface area contributed by atoms with Crippen LogP contribution in [0.15, 0.2) is 22.7 Å². The first-order chi connectivity index (χ1) is 8.35. The molecule has 2 unspecified atom stereocenters. The molecule has 0 bridgehead atoms. The van der Waals surface area contributed by atoms with Crippen molar-refractivity contribution in [3.05, 3.63) is 33.8 Å². The highest BCUT2D eigenvalue weighted by atomic mass is 79.9. The molecule has 2 fully saturated rings. The summed E-state index contributed by atoms with van der Waals surface area (Å²) in [6, 6.07) is 3.50. The molecule has 0 aliphatic heterocycles. The van der Waals surface area contributed by atoms with E-state index in [0.29, 0.717) is 10.0 Å². The van der Waals surface area contributed by atoms with Crippen molar-refractivity contribution in [2.75, 3.05) is 0 Å². The van der Waals surface area contributed by atoms with Crippen LogP contribution >= 0.6 is 15.9 Å². The Morgan fingerprint density at radius 3 is 2.39 bits per heavy atom. The van der Waals surface area contributed by atoms with Gasteiger partial charge >= 0.3 is 6.18 Å². The van der Waals surface area contributed by atoms with Crippen molar-refractivity contribution in [3.8, 4) is 0 Å². The van der Waals surface area contributed by atoms with Crippen LogP contribution < -0.4 is 0 Å². The van der Waals surface area contributed by atoms with Crippen LogP contribution in [0.3, 0.4) is 0 Å². The summed E-state index contributed by atoms with van der Waals surface area (Å²) in [5, 5.41) is 10.6. The minimum absolute atomic E-state index is 0.136. The van der Waals surface area contributed by atoms with Crippen LogP contribution in [-0.2, 0) is 11.8 Å². The topological polar surface area (TPSA) is 20.2 Å². The Balaban J connectivity index is 2.02. The summed E-state index contributed by atoms with van der Waals surface area (Å²) in [5.74, 6) is 0.273. The molecule has 0 amide bonds. The number of benzene rings is 1. The van der Waals surface area contributed by atoms with E-state index in [1.54, 1.807) is 0 Å². The summed E-state index contributed by atoms with van der Waals surface area (Å²) in [6.07, 6.45) is -1.49. The third-order valence-electron chi connectivity index (χ3n) is 4.26. The van der Waals surface area contributed by atoms with Gasteiger partial charge in [-0.1, -0.05) is 22.4 Å². The molecule has 1 aromatic carbocycles. The Labute approximate surface area is 111 Å². The fourth-order valence-electron chi connectivity index (χ4n) is 3.33. The number of aliphatic hydroxyl groups is 1. The lowest BCUT2D eigenvalue weighted by atomic mass is 9.97. The monoisotopic (exact) mass is 320 g/mol. The summed E-state index contributed by atoms with van der Waals surface area (Å²) < 4.78 is 38.7. The van der Waals surface area contributed by atoms with Crippen molar-refractivity contribution in [2.45, 2.75) is 31.0 Å². The zero-order valence-electron chi connectivity index (χ0n) is 9.47. The average Bonchev–Trinajstić information content (AvgIpc) is 2.68. The third kappa shape index (κ3) is 1.63. The van der Waals surface area contributed by atoms with Gasteiger partial charge in [0.2, 0.25) is 0 Å². The molecule has 3 rings (SSSR count). The van der Waals surface area contributed by atoms with Crippen LogP contribution in [0.2, 0.25) is 0 Å². The van der Waals surface area contributed by atoms with Gasteiger partial charge in [-0.3, -0.25) is 0 Å². The van der Waals surface area contributed by atoms with Crippen molar-refractivity contribution in [2.24, 2.45) is 11.8 Å². The van der Waals surface area contributed by atoms with E-state index >= 15 is 0 Å². The van der Waals surface area contributed by atoms with Crippen LogP contribution in [-0.4, -0.2) is 5.11 Å². The highest BCUT2D eigenvalue weighted by molar-refractivity contribution is 9.10. The van der Waals surface area contributed by atoms with Crippen LogP contribution in [0.25, 0.3) is 0 Å². The van der Waals surface area contributed by atoms with E-state index in [1.807, 2.05) is 0 Å². The van der Waals surface area contributed by atoms with E-state index in [9.17, 15) is 18.3 Å². The van der Waals surface area contributed by atoms with Crippen LogP contribution in [0, 0.1) is 11.8 Å². The minimum Gasteiger partial charge on any atom is -0.385 e. The van der Waals surface area contributed by atoms with Gasteiger partial charge in [-0.2, -0.15) is 13.2 Å². The standard InChI is InChI=1S/C13H12BrF3O/c14-11-5-4-7(13(15,16)17)6-10(11)12(18)8-2-1-3-9(8)12/h4-6,8-9,18H,1-3H2. The van der Waals surface area contributed by atoms with Crippen molar-refractivity contribution in [1.29, 1.82) is 0 Å². The Hall–Kier alpha value is -0.550. The fourth-order valence-corrected chi connectivity index (χ4v) is 3.89. The first kappa shape index (κ1) is 12.5. The smallest absolute Gasteiger partial charge is 0.385 e. The normalized spacial score (nSPS) is 34.5. The second kappa shape index (κ2) is 3.73. The summed E-state index contributed by atoms with van der Waals surface area (Å²) in [4.78, 5) is 0. The molecule has 18 heavy (non-hydrogen) atoms. The predicted molar refractivity (Wildman–Crippen MR) is 63.9 cm³/mol. The molecule has 2 atom stereocenters. The van der Waals surface area contributed by atoms with Gasteiger partial charge in [0.05, 0.1) is 11.2 Å². The van der Waals surface area contributed by atoms with E-state index in [1.165, 1.54) is 6.07 Å². The van der Waals surface area contributed by atoms with Crippen molar-refractivity contribution in [3.63, 3.8) is 0 Å². The van der Waals surface area contributed by atoms with Gasteiger partial charge in [0, 0.05) is 4.47 Å². The second-order valence-corrected chi connectivity index (χ2v) is 6.02. The molecule has 0 saturated heterocycles. The van der Waals surface area contributed by atoms with Gasteiger partial charge in [0.1, 0.15) is 0 Å². The first-order valence-corrected chi connectivity index (χ1v) is 6.74. The molecule has 0 aromatic heterocycles. The Kier molecular flexibility index (Phi) is 2.59. The van der Waals surface area contributed by atoms with Gasteiger partial charge in [-0.25, -0.2) is 0 Å². The number of hydrogen-bond donors (Lipinski definition) is 1. The van der Waals surface area contributed by atoms with Crippen molar-refractivity contribution < 1.29 is 18.3 Å². The van der Waals surface area contributed by atoms with Crippen LogP contribution in [0.4, 0.5) is 13.2 Å². The maximum Gasteiger partial charge on any atom is 0.416 e. The summed E-state index contributed by atoms with van der Waals surface area (Å²) in [6.45, 7) is 0. The van der Waals surface area contributed by atoms with Gasteiger partial charge in [-0.05, 0) is 48.4 Å². The molecule has 1 aromatic rings. The highest BCUT2D eigenvalue weighted by Gasteiger charge is 2.66. The number of rotatable bonds is 1. The molecular formula is C13H12BrF3O. The molecule has 2 aliphatic carbocycles. The zero-order chi connectivity index (χ0) is 13.1. The lowest BCUT2D eigenvalue weighted by molar-refractivity contribution is -0.137. The fraction of sp³-hybridized carbons (Fsp3) is 0.538. The molecule has 2 aliphatic rings. The maximum absolute atomic E-state index is 12.7. The number of alkyl halides is 3. The van der Waals surface area contributed by atoms with Crippen LogP contribution in [0.1, 0.15) is 30.4 Å². The lowest BCUT2D eigenvalue weighted by Crippen LogP contribution is -2.16. The van der Waals surface area contributed by atoms with Gasteiger partial charge in [-0.15, -0.1) is 0 Å². The summed E-state index contributed by atoms with van der Waals surface area (Å²) >= 11 is 3.25. The van der Waals surface area contributed by atoms with E-state index in [4.69, 9.17) is 0 Å². The lowest BCUT2D eigenvalue weighted by Gasteiger charge is -2.18. The molecular weight excluding hydrogens is 309 g/mol.